The van der Waals surface area contributed by atoms with Gasteiger partial charge in [0.05, 0.1) is 18.0 Å². The zero-order chi connectivity index (χ0) is 14.5. The van der Waals surface area contributed by atoms with E-state index in [1.807, 2.05) is 11.8 Å². The van der Waals surface area contributed by atoms with E-state index < -0.39 is 0 Å². The van der Waals surface area contributed by atoms with Gasteiger partial charge in [-0.2, -0.15) is 0 Å². The maximum atomic E-state index is 6.02. The Morgan fingerprint density at radius 3 is 2.57 bits per heavy atom. The summed E-state index contributed by atoms with van der Waals surface area (Å²) in [5.41, 5.74) is 2.66. The van der Waals surface area contributed by atoms with Gasteiger partial charge in [0.2, 0.25) is 0 Å². The van der Waals surface area contributed by atoms with Crippen LogP contribution in [0.2, 0.25) is 0 Å². The van der Waals surface area contributed by atoms with Gasteiger partial charge in [-0.1, -0.05) is 48.5 Å². The highest BCUT2D eigenvalue weighted by atomic mass is 32.2. The average molecular weight is 298 g/mol. The summed E-state index contributed by atoms with van der Waals surface area (Å²) < 4.78 is 6.02. The third kappa shape index (κ3) is 3.67. The Hall–Kier alpha value is -1.29. The molecule has 0 bridgehead atoms. The molecule has 1 fully saturated rings. The van der Waals surface area contributed by atoms with Crippen molar-refractivity contribution in [2.75, 3.05) is 19.7 Å². The average Bonchev–Trinajstić information content (AvgIpc) is 2.56. The van der Waals surface area contributed by atoms with Crippen LogP contribution < -0.4 is 5.32 Å². The molecule has 0 amide bonds. The fourth-order valence-electron chi connectivity index (χ4n) is 2.61. The van der Waals surface area contributed by atoms with Gasteiger partial charge >= 0.3 is 0 Å². The highest BCUT2D eigenvalue weighted by molar-refractivity contribution is 7.99. The lowest BCUT2D eigenvalue weighted by Crippen LogP contribution is -2.41. The largest absolute Gasteiger partial charge is 0.374 e. The summed E-state index contributed by atoms with van der Waals surface area (Å²) in [6, 6.07) is 19.3. The maximum absolute atomic E-state index is 6.02. The van der Waals surface area contributed by atoms with E-state index >= 15 is 0 Å². The van der Waals surface area contributed by atoms with Crippen LogP contribution in [0.1, 0.15) is 16.4 Å². The smallest absolute Gasteiger partial charge is 0.0862 e. The molecule has 1 aliphatic rings. The van der Waals surface area contributed by atoms with Gasteiger partial charge in [0.25, 0.3) is 0 Å². The summed E-state index contributed by atoms with van der Waals surface area (Å²) in [6.07, 6.45) is 0.214. The molecule has 2 aromatic carbocycles. The van der Waals surface area contributed by atoms with Gasteiger partial charge < -0.3 is 10.1 Å². The SMILES string of the molecule is [11CH3]c1ccccc1S[C@@H](c1ccccc1)[C@@H]1CNCCO1. The van der Waals surface area contributed by atoms with Crippen molar-refractivity contribution in [3.05, 3.63) is 65.7 Å². The Labute approximate surface area is 130 Å². The Kier molecular flexibility index (Phi) is 4.96. The van der Waals surface area contributed by atoms with Gasteiger partial charge in [0.15, 0.2) is 0 Å². The molecule has 0 saturated carbocycles. The van der Waals surface area contributed by atoms with Crippen LogP contribution in [-0.2, 0) is 4.74 Å². The van der Waals surface area contributed by atoms with Gasteiger partial charge in [-0.15, -0.1) is 11.8 Å². The van der Waals surface area contributed by atoms with Gasteiger partial charge in [0.1, 0.15) is 0 Å². The summed E-state index contributed by atoms with van der Waals surface area (Å²) in [4.78, 5) is 1.33. The number of hydrogen-bond donors (Lipinski definition) is 1. The van der Waals surface area contributed by atoms with Crippen molar-refractivity contribution in [2.24, 2.45) is 0 Å². The lowest BCUT2D eigenvalue weighted by atomic mass is 10.0. The van der Waals surface area contributed by atoms with Crippen LogP contribution in [0.5, 0.6) is 0 Å². The van der Waals surface area contributed by atoms with E-state index in [4.69, 9.17) is 4.74 Å². The molecule has 1 N–H and O–H groups in total. The first kappa shape index (κ1) is 14.6. The van der Waals surface area contributed by atoms with Crippen molar-refractivity contribution >= 4 is 11.8 Å². The van der Waals surface area contributed by atoms with E-state index in [-0.39, 0.29) is 6.10 Å². The van der Waals surface area contributed by atoms with E-state index in [9.17, 15) is 0 Å². The summed E-state index contributed by atoms with van der Waals surface area (Å²) in [5, 5.41) is 3.77. The first-order valence-corrected chi connectivity index (χ1v) is 8.32. The molecule has 2 nitrogen and oxygen atoms in total. The van der Waals surface area contributed by atoms with E-state index in [1.54, 1.807) is 0 Å². The molecule has 3 rings (SSSR count). The minimum Gasteiger partial charge on any atom is -0.374 e. The molecule has 1 heterocycles. The molecular weight excluding hydrogens is 277 g/mol. The predicted octanol–water partition coefficient (Wildman–Crippen LogP) is 3.82. The predicted molar refractivity (Wildman–Crippen MR) is 88.8 cm³/mol. The first-order chi connectivity index (χ1) is 10.3. The molecule has 1 saturated heterocycles. The summed E-state index contributed by atoms with van der Waals surface area (Å²) >= 11 is 1.91. The van der Waals surface area contributed by atoms with Crippen molar-refractivity contribution in [3.8, 4) is 0 Å². The molecule has 0 spiro atoms. The molecule has 3 heteroatoms. The van der Waals surface area contributed by atoms with Crippen molar-refractivity contribution < 1.29 is 4.74 Å². The molecule has 0 radical (unpaired) electrons. The molecule has 0 aromatic heterocycles. The summed E-state index contributed by atoms with van der Waals surface area (Å²) in [7, 11) is 0. The van der Waals surface area contributed by atoms with Crippen LogP contribution in [0.25, 0.3) is 0 Å². The Morgan fingerprint density at radius 1 is 1.10 bits per heavy atom. The Bertz CT molecular complexity index is 566. The monoisotopic (exact) mass is 298 g/mol. The van der Waals surface area contributed by atoms with Crippen LogP contribution in [0.15, 0.2) is 59.5 Å². The van der Waals surface area contributed by atoms with E-state index in [0.29, 0.717) is 5.25 Å². The van der Waals surface area contributed by atoms with Gasteiger partial charge in [0, 0.05) is 18.0 Å². The standard InChI is InChI=1S/C18H21NOS/c1-14-7-5-6-10-17(14)21-18(15-8-3-2-4-9-15)16-13-19-11-12-20-16/h2-10,16,18-19H,11-13H2,1H3/t16-,18-/m0/s1/i1-1. The highest BCUT2D eigenvalue weighted by Crippen LogP contribution is 2.40. The minimum absolute atomic E-state index is 0.214. The van der Waals surface area contributed by atoms with Crippen molar-refractivity contribution in [3.63, 3.8) is 0 Å². The van der Waals surface area contributed by atoms with Crippen molar-refractivity contribution in [2.45, 2.75) is 23.2 Å². The maximum Gasteiger partial charge on any atom is 0.0862 e. The number of hydrogen-bond acceptors (Lipinski definition) is 3. The number of nitrogens with one attached hydrogen (secondary N) is 1. The first-order valence-electron chi connectivity index (χ1n) is 7.44. The highest BCUT2D eigenvalue weighted by Gasteiger charge is 2.27. The number of rotatable bonds is 4. The summed E-state index contributed by atoms with van der Waals surface area (Å²) in [6.45, 7) is 4.83. The van der Waals surface area contributed by atoms with E-state index in [1.165, 1.54) is 16.0 Å². The second-order valence-electron chi connectivity index (χ2n) is 5.33. The lowest BCUT2D eigenvalue weighted by molar-refractivity contribution is 0.0273. The van der Waals surface area contributed by atoms with Crippen LogP contribution in [-0.4, -0.2) is 25.8 Å². The van der Waals surface area contributed by atoms with Crippen LogP contribution >= 0.6 is 11.8 Å². The molecular formula is C18H21NOS. The quantitative estimate of drug-likeness (QED) is 0.867. The zero-order valence-corrected chi connectivity index (χ0v) is 13.1. The number of benzene rings is 2. The van der Waals surface area contributed by atoms with Crippen LogP contribution in [0, 0.1) is 6.92 Å². The molecule has 0 unspecified atom stereocenters. The fourth-order valence-corrected chi connectivity index (χ4v) is 3.91. The second-order valence-corrected chi connectivity index (χ2v) is 6.51. The number of aryl methyl sites for hydroxylation is 1. The van der Waals surface area contributed by atoms with Gasteiger partial charge in [-0.05, 0) is 24.1 Å². The molecule has 110 valence electrons. The number of thioether (sulfide) groups is 1. The molecule has 21 heavy (non-hydrogen) atoms. The van der Waals surface area contributed by atoms with Crippen molar-refractivity contribution in [1.82, 2.24) is 5.32 Å². The molecule has 0 aliphatic carbocycles. The fraction of sp³-hybridized carbons (Fsp3) is 0.333. The minimum atomic E-state index is 0.214. The van der Waals surface area contributed by atoms with Crippen LogP contribution in [0.3, 0.4) is 0 Å². The van der Waals surface area contributed by atoms with Gasteiger partial charge in [-0.3, -0.25) is 0 Å². The van der Waals surface area contributed by atoms with Crippen LogP contribution in [0.4, 0.5) is 0 Å². The van der Waals surface area contributed by atoms with E-state index in [2.05, 4.69) is 66.8 Å². The Balaban J connectivity index is 1.87. The lowest BCUT2D eigenvalue weighted by Gasteiger charge is -2.31. The van der Waals surface area contributed by atoms with Crippen molar-refractivity contribution in [1.29, 1.82) is 0 Å². The third-order valence-corrected chi connectivity index (χ3v) is 5.31. The third-order valence-electron chi connectivity index (χ3n) is 3.77. The number of ether oxygens (including phenoxy) is 1. The molecule has 2 atom stereocenters. The molecule has 1 aliphatic heterocycles. The normalized spacial score (nSPS) is 20.1. The summed E-state index contributed by atoms with van der Waals surface area (Å²) in [5.74, 6) is 0. The number of morpholine rings is 1. The Morgan fingerprint density at radius 2 is 1.86 bits per heavy atom. The second kappa shape index (κ2) is 7.12. The topological polar surface area (TPSA) is 21.3 Å². The van der Waals surface area contributed by atoms with E-state index in [0.717, 1.165) is 19.7 Å². The zero-order valence-electron chi connectivity index (χ0n) is 12.3. The van der Waals surface area contributed by atoms with Gasteiger partial charge in [-0.25, -0.2) is 0 Å². The molecule has 2 aromatic rings.